The fourth-order valence-electron chi connectivity index (χ4n) is 3.54. The van der Waals surface area contributed by atoms with Crippen LogP contribution in [0.25, 0.3) is 10.8 Å². The molecule has 0 heterocycles. The smallest absolute Gasteiger partial charge is 0.326 e. The van der Waals surface area contributed by atoms with E-state index in [1.54, 1.807) is 36.4 Å². The second-order valence-electron chi connectivity index (χ2n) is 7.70. The van der Waals surface area contributed by atoms with Crippen LogP contribution in [0, 0.1) is 5.82 Å². The van der Waals surface area contributed by atoms with Crippen molar-refractivity contribution in [2.45, 2.75) is 19.1 Å². The number of ether oxygens (including phenoxy) is 1. The Morgan fingerprint density at radius 3 is 2.33 bits per heavy atom. The topological polar surface area (TPSA) is 75.6 Å². The first kappa shape index (κ1) is 22.0. The molecule has 33 heavy (non-hydrogen) atoms. The molecular weight excluding hydrogens is 421 g/mol. The third-order valence-corrected chi connectivity index (χ3v) is 5.25. The predicted molar refractivity (Wildman–Crippen MR) is 124 cm³/mol. The minimum Gasteiger partial charge on any atom is -0.489 e. The molecule has 0 aliphatic heterocycles. The maximum atomic E-state index is 13.3. The monoisotopic (exact) mass is 443 g/mol. The summed E-state index contributed by atoms with van der Waals surface area (Å²) in [6.45, 7) is 0.238. The highest BCUT2D eigenvalue weighted by atomic mass is 19.1. The molecule has 0 saturated heterocycles. The van der Waals surface area contributed by atoms with Crippen molar-refractivity contribution < 1.29 is 23.8 Å². The lowest BCUT2D eigenvalue weighted by molar-refractivity contribution is -0.139. The highest BCUT2D eigenvalue weighted by Crippen LogP contribution is 2.23. The fraction of sp³-hybridized carbons (Fsp3) is 0.111. The van der Waals surface area contributed by atoms with Crippen molar-refractivity contribution in [3.63, 3.8) is 0 Å². The average molecular weight is 443 g/mol. The van der Waals surface area contributed by atoms with E-state index in [0.29, 0.717) is 11.3 Å². The van der Waals surface area contributed by atoms with Gasteiger partial charge in [-0.2, -0.15) is 0 Å². The van der Waals surface area contributed by atoms with Crippen molar-refractivity contribution in [2.24, 2.45) is 0 Å². The van der Waals surface area contributed by atoms with Gasteiger partial charge in [0, 0.05) is 12.0 Å². The van der Waals surface area contributed by atoms with E-state index in [1.165, 1.54) is 12.1 Å². The Bertz CT molecular complexity index is 1290. The molecule has 6 heteroatoms. The summed E-state index contributed by atoms with van der Waals surface area (Å²) >= 11 is 0. The van der Waals surface area contributed by atoms with Crippen molar-refractivity contribution in [3.05, 3.63) is 114 Å². The van der Waals surface area contributed by atoms with Crippen molar-refractivity contribution in [1.82, 2.24) is 5.32 Å². The molecule has 4 aromatic carbocycles. The predicted octanol–water partition coefficient (Wildman–Crippen LogP) is 4.98. The fourth-order valence-corrected chi connectivity index (χ4v) is 3.54. The Morgan fingerprint density at radius 2 is 1.58 bits per heavy atom. The molecule has 0 saturated carbocycles. The van der Waals surface area contributed by atoms with Crippen LogP contribution in [-0.2, 0) is 17.8 Å². The number of hydrogen-bond donors (Lipinski definition) is 2. The van der Waals surface area contributed by atoms with Crippen LogP contribution >= 0.6 is 0 Å². The number of benzene rings is 4. The highest BCUT2D eigenvalue weighted by molar-refractivity contribution is 6.00. The second kappa shape index (κ2) is 9.96. The molecule has 166 valence electrons. The van der Waals surface area contributed by atoms with Gasteiger partial charge in [0.25, 0.3) is 5.91 Å². The van der Waals surface area contributed by atoms with E-state index in [2.05, 4.69) is 5.32 Å². The standard InChI is InChI=1S/C27H22FNO4/c28-23-8-4-7-19(13-23)17-33-24-12-11-20-15-22(10-9-21(20)16-24)26(30)29-25(27(31)32)14-18-5-2-1-3-6-18/h1-13,15-16,25H,14,17H2,(H,29,30)(H,31,32). The SMILES string of the molecule is O=C(NC(Cc1ccccc1)C(=O)O)c1ccc2cc(OCc3cccc(F)c3)ccc2c1. The second-order valence-corrected chi connectivity index (χ2v) is 7.70. The first-order chi connectivity index (χ1) is 16.0. The van der Waals surface area contributed by atoms with Crippen molar-refractivity contribution in [2.75, 3.05) is 0 Å². The Hall–Kier alpha value is -4.19. The molecule has 0 fully saturated rings. The summed E-state index contributed by atoms with van der Waals surface area (Å²) < 4.78 is 19.1. The molecule has 0 aromatic heterocycles. The number of halogens is 1. The summed E-state index contributed by atoms with van der Waals surface area (Å²) in [5.74, 6) is -1.23. The number of fused-ring (bicyclic) bond motifs is 1. The number of carboxylic acid groups (broad SMARTS) is 1. The maximum absolute atomic E-state index is 13.3. The van der Waals surface area contributed by atoms with Gasteiger partial charge in [0.1, 0.15) is 24.2 Å². The zero-order valence-electron chi connectivity index (χ0n) is 17.7. The molecule has 4 rings (SSSR count). The number of hydrogen-bond acceptors (Lipinski definition) is 3. The molecule has 2 N–H and O–H groups in total. The van der Waals surface area contributed by atoms with Crippen LogP contribution in [0.1, 0.15) is 21.5 Å². The molecule has 0 radical (unpaired) electrons. The third-order valence-electron chi connectivity index (χ3n) is 5.25. The zero-order valence-corrected chi connectivity index (χ0v) is 17.7. The first-order valence-electron chi connectivity index (χ1n) is 10.5. The van der Waals surface area contributed by atoms with Crippen LogP contribution in [0.3, 0.4) is 0 Å². The van der Waals surface area contributed by atoms with Crippen LogP contribution in [0.2, 0.25) is 0 Å². The number of carbonyl (C=O) groups is 2. The quantitative estimate of drug-likeness (QED) is 0.403. The summed E-state index contributed by atoms with van der Waals surface area (Å²) in [7, 11) is 0. The summed E-state index contributed by atoms with van der Waals surface area (Å²) in [6.07, 6.45) is 0.196. The molecule has 1 amide bonds. The van der Waals surface area contributed by atoms with Crippen molar-refractivity contribution >= 4 is 22.6 Å². The summed E-state index contributed by atoms with van der Waals surface area (Å²) in [5.41, 5.74) is 1.93. The van der Waals surface area contributed by atoms with Gasteiger partial charge in [-0.05, 0) is 58.3 Å². The summed E-state index contributed by atoms with van der Waals surface area (Å²) in [5, 5.41) is 13.8. The Kier molecular flexibility index (Phi) is 6.64. The molecule has 5 nitrogen and oxygen atoms in total. The van der Waals surface area contributed by atoms with Gasteiger partial charge < -0.3 is 15.2 Å². The van der Waals surface area contributed by atoms with E-state index in [1.807, 2.05) is 42.5 Å². The van der Waals surface area contributed by atoms with Gasteiger partial charge in [0.15, 0.2) is 0 Å². The van der Waals surface area contributed by atoms with Gasteiger partial charge in [-0.3, -0.25) is 4.79 Å². The third kappa shape index (κ3) is 5.74. The largest absolute Gasteiger partial charge is 0.489 e. The molecule has 4 aromatic rings. The molecule has 0 bridgehead atoms. The van der Waals surface area contributed by atoms with E-state index in [9.17, 15) is 19.1 Å². The lowest BCUT2D eigenvalue weighted by atomic mass is 10.0. The van der Waals surface area contributed by atoms with Gasteiger partial charge >= 0.3 is 5.97 Å². The molecule has 1 atom stereocenters. The minimum atomic E-state index is -1.09. The number of rotatable bonds is 8. The molecule has 0 spiro atoms. The lowest BCUT2D eigenvalue weighted by Crippen LogP contribution is -2.42. The Labute approximate surface area is 190 Å². The van der Waals surface area contributed by atoms with E-state index < -0.39 is 17.9 Å². The number of carboxylic acids is 1. The van der Waals surface area contributed by atoms with Gasteiger partial charge in [-0.15, -0.1) is 0 Å². The molecule has 0 aliphatic carbocycles. The Morgan fingerprint density at radius 1 is 0.848 bits per heavy atom. The van der Waals surface area contributed by atoms with Gasteiger partial charge in [-0.1, -0.05) is 54.6 Å². The maximum Gasteiger partial charge on any atom is 0.326 e. The van der Waals surface area contributed by atoms with E-state index in [4.69, 9.17) is 4.74 Å². The number of aliphatic carboxylic acids is 1. The average Bonchev–Trinajstić information content (AvgIpc) is 2.82. The van der Waals surface area contributed by atoms with Gasteiger partial charge in [-0.25, -0.2) is 9.18 Å². The molecular formula is C27H22FNO4. The highest BCUT2D eigenvalue weighted by Gasteiger charge is 2.21. The van der Waals surface area contributed by atoms with Crippen LogP contribution in [0.5, 0.6) is 5.75 Å². The van der Waals surface area contributed by atoms with Crippen LogP contribution < -0.4 is 10.1 Å². The normalized spacial score (nSPS) is 11.7. The lowest BCUT2D eigenvalue weighted by Gasteiger charge is -2.15. The Balaban J connectivity index is 1.45. The number of nitrogens with one attached hydrogen (secondary N) is 1. The van der Waals surface area contributed by atoms with Crippen molar-refractivity contribution in [1.29, 1.82) is 0 Å². The number of amides is 1. The zero-order chi connectivity index (χ0) is 23.2. The van der Waals surface area contributed by atoms with Crippen LogP contribution in [0.15, 0.2) is 91.0 Å². The molecule has 1 unspecified atom stereocenters. The number of carbonyl (C=O) groups excluding carboxylic acids is 1. The van der Waals surface area contributed by atoms with Crippen molar-refractivity contribution in [3.8, 4) is 5.75 Å². The van der Waals surface area contributed by atoms with Crippen LogP contribution in [0.4, 0.5) is 4.39 Å². The minimum absolute atomic E-state index is 0.196. The van der Waals surface area contributed by atoms with E-state index in [-0.39, 0.29) is 18.8 Å². The summed E-state index contributed by atoms with van der Waals surface area (Å²) in [4.78, 5) is 24.4. The van der Waals surface area contributed by atoms with Gasteiger partial charge in [0.2, 0.25) is 0 Å². The van der Waals surface area contributed by atoms with Gasteiger partial charge in [0.05, 0.1) is 0 Å². The van der Waals surface area contributed by atoms with E-state index in [0.717, 1.165) is 21.9 Å². The summed E-state index contributed by atoms with van der Waals surface area (Å²) in [6, 6.07) is 24.9. The molecule has 0 aliphatic rings. The first-order valence-corrected chi connectivity index (χ1v) is 10.5. The van der Waals surface area contributed by atoms with E-state index >= 15 is 0 Å². The van der Waals surface area contributed by atoms with Crippen LogP contribution in [-0.4, -0.2) is 23.0 Å².